The molecule has 23 heavy (non-hydrogen) atoms. The molecule has 0 saturated carbocycles. The van der Waals surface area contributed by atoms with E-state index in [1.54, 1.807) is 0 Å². The van der Waals surface area contributed by atoms with Gasteiger partial charge in [0.1, 0.15) is 0 Å². The summed E-state index contributed by atoms with van der Waals surface area (Å²) in [6.45, 7) is 18.1. The summed E-state index contributed by atoms with van der Waals surface area (Å²) in [7, 11) is 0. The number of nitrogens with one attached hydrogen (secondary N) is 3. The number of hydrogen-bond donors (Lipinski definition) is 3. The van der Waals surface area contributed by atoms with Crippen LogP contribution in [0.3, 0.4) is 0 Å². The minimum atomic E-state index is -0.417. The minimum Gasteiger partial charge on any atom is -0.334 e. The molecular weight excluding hydrogens is 286 g/mol. The van der Waals surface area contributed by atoms with Crippen molar-refractivity contribution in [2.45, 2.75) is 40.2 Å². The lowest BCUT2D eigenvalue weighted by Gasteiger charge is -2.27. The van der Waals surface area contributed by atoms with Gasteiger partial charge in [-0.05, 0) is 45.7 Å². The summed E-state index contributed by atoms with van der Waals surface area (Å²) in [5.74, 6) is 0. The molecule has 128 valence electrons. The molecule has 0 heterocycles. The third-order valence-electron chi connectivity index (χ3n) is 4.29. The Hall–Kier alpha value is -1.81. The first-order valence-electron chi connectivity index (χ1n) is 8.46. The smallest absolute Gasteiger partial charge is 0.315 e. The molecule has 0 aliphatic carbocycles. The van der Waals surface area contributed by atoms with Gasteiger partial charge in [-0.15, -0.1) is 0 Å². The van der Waals surface area contributed by atoms with Crippen molar-refractivity contribution in [1.29, 1.82) is 0 Å². The zero-order chi connectivity index (χ0) is 17.5. The van der Waals surface area contributed by atoms with Crippen LogP contribution in [0.5, 0.6) is 0 Å². The fraction of sp³-hybridized carbons (Fsp3) is 0.526. The molecule has 0 atom stereocenters. The van der Waals surface area contributed by atoms with E-state index in [1.807, 2.05) is 45.0 Å². The van der Waals surface area contributed by atoms with E-state index in [0.717, 1.165) is 36.3 Å². The number of likely N-dealkylation sites (N-methyl/N-ethyl adjacent to an activating group) is 1. The fourth-order valence-electron chi connectivity index (χ4n) is 2.53. The zero-order valence-electron chi connectivity index (χ0n) is 15.3. The lowest BCUT2D eigenvalue weighted by molar-refractivity contribution is -0.895. The Morgan fingerprint density at radius 1 is 1.17 bits per heavy atom. The second-order valence-corrected chi connectivity index (χ2v) is 6.57. The van der Waals surface area contributed by atoms with Gasteiger partial charge in [0.15, 0.2) is 0 Å². The van der Waals surface area contributed by atoms with Crippen LogP contribution in [-0.2, 0) is 5.54 Å². The van der Waals surface area contributed by atoms with Gasteiger partial charge in [0.05, 0.1) is 31.7 Å². The van der Waals surface area contributed by atoms with Gasteiger partial charge in [0.2, 0.25) is 0 Å². The van der Waals surface area contributed by atoms with Crippen LogP contribution < -0.4 is 15.5 Å². The zero-order valence-corrected chi connectivity index (χ0v) is 15.3. The summed E-state index contributed by atoms with van der Waals surface area (Å²) in [6, 6.07) is 8.06. The molecule has 0 aromatic heterocycles. The van der Waals surface area contributed by atoms with Gasteiger partial charge in [-0.1, -0.05) is 36.4 Å². The lowest BCUT2D eigenvalue weighted by atomic mass is 9.93. The van der Waals surface area contributed by atoms with Crippen molar-refractivity contribution in [2.75, 3.05) is 26.2 Å². The molecule has 0 saturated heterocycles. The molecule has 0 bridgehead atoms. The van der Waals surface area contributed by atoms with Crippen LogP contribution in [-0.4, -0.2) is 32.2 Å². The van der Waals surface area contributed by atoms with Crippen LogP contribution >= 0.6 is 0 Å². The quantitative estimate of drug-likeness (QED) is 0.676. The second kappa shape index (κ2) is 8.73. The van der Waals surface area contributed by atoms with Gasteiger partial charge >= 0.3 is 6.03 Å². The third kappa shape index (κ3) is 6.06. The van der Waals surface area contributed by atoms with E-state index in [9.17, 15) is 4.79 Å². The molecule has 3 N–H and O–H groups in total. The van der Waals surface area contributed by atoms with Gasteiger partial charge in [0, 0.05) is 0 Å². The summed E-state index contributed by atoms with van der Waals surface area (Å²) in [6.07, 6.45) is 0. The van der Waals surface area contributed by atoms with Crippen molar-refractivity contribution >= 4 is 11.6 Å². The van der Waals surface area contributed by atoms with E-state index < -0.39 is 5.54 Å². The summed E-state index contributed by atoms with van der Waals surface area (Å²) in [5.41, 5.74) is 2.82. The lowest BCUT2D eigenvalue weighted by Crippen LogP contribution is -3.12. The second-order valence-electron chi connectivity index (χ2n) is 6.57. The largest absolute Gasteiger partial charge is 0.334 e. The van der Waals surface area contributed by atoms with Crippen molar-refractivity contribution in [2.24, 2.45) is 0 Å². The van der Waals surface area contributed by atoms with E-state index in [0.29, 0.717) is 6.54 Å². The summed E-state index contributed by atoms with van der Waals surface area (Å²) < 4.78 is 0. The van der Waals surface area contributed by atoms with Crippen LogP contribution in [0.15, 0.2) is 30.8 Å². The molecule has 0 unspecified atom stereocenters. The fourth-order valence-corrected chi connectivity index (χ4v) is 2.53. The molecule has 1 aromatic carbocycles. The molecule has 1 aromatic rings. The van der Waals surface area contributed by atoms with Crippen molar-refractivity contribution in [1.82, 2.24) is 10.6 Å². The monoisotopic (exact) mass is 318 g/mol. The Morgan fingerprint density at radius 3 is 2.22 bits per heavy atom. The molecule has 0 aliphatic heterocycles. The molecule has 4 heteroatoms. The molecule has 2 amide bonds. The molecule has 4 nitrogen and oxygen atoms in total. The highest BCUT2D eigenvalue weighted by atomic mass is 16.2. The van der Waals surface area contributed by atoms with E-state index in [4.69, 9.17) is 0 Å². The molecule has 0 spiro atoms. The van der Waals surface area contributed by atoms with Crippen LogP contribution in [0.1, 0.15) is 45.7 Å². The number of allylic oxidation sites excluding steroid dienone is 1. The number of amides is 2. The number of quaternary nitrogens is 1. The number of benzene rings is 1. The number of hydrogen-bond acceptors (Lipinski definition) is 1. The van der Waals surface area contributed by atoms with Crippen LogP contribution in [0.2, 0.25) is 0 Å². The highest BCUT2D eigenvalue weighted by Crippen LogP contribution is 2.22. The molecule has 0 fully saturated rings. The highest BCUT2D eigenvalue weighted by molar-refractivity contribution is 5.75. The number of carbonyl (C=O) groups excluding carboxylic acids is 1. The van der Waals surface area contributed by atoms with Crippen molar-refractivity contribution in [3.8, 4) is 0 Å². The van der Waals surface area contributed by atoms with Crippen molar-refractivity contribution < 1.29 is 9.69 Å². The Bertz CT molecular complexity index is 516. The normalized spacial score (nSPS) is 11.4. The van der Waals surface area contributed by atoms with Crippen molar-refractivity contribution in [3.05, 3.63) is 42.0 Å². The summed E-state index contributed by atoms with van der Waals surface area (Å²) in [5, 5.41) is 6.00. The molecule has 0 aliphatic rings. The maximum Gasteiger partial charge on any atom is 0.315 e. The Morgan fingerprint density at radius 2 is 1.74 bits per heavy atom. The standard InChI is InChI=1S/C19H31N3O/c1-7-22(8-2)14-13-20-18(23)21-19(5,6)17-11-9-16(10-12-17)15(3)4/h9-12H,3,7-8,13-14H2,1-2,4-6H3,(H2,20,21,23)/p+1. The Kier molecular flexibility index (Phi) is 7.30. The van der Waals surface area contributed by atoms with E-state index in [-0.39, 0.29) is 6.03 Å². The summed E-state index contributed by atoms with van der Waals surface area (Å²) in [4.78, 5) is 13.6. The van der Waals surface area contributed by atoms with E-state index in [1.165, 1.54) is 4.90 Å². The van der Waals surface area contributed by atoms with Gasteiger partial charge < -0.3 is 15.5 Å². The number of urea groups is 1. The maximum atomic E-state index is 12.1. The average Bonchev–Trinajstić information content (AvgIpc) is 2.51. The van der Waals surface area contributed by atoms with E-state index >= 15 is 0 Å². The Balaban J connectivity index is 2.56. The highest BCUT2D eigenvalue weighted by Gasteiger charge is 2.22. The van der Waals surface area contributed by atoms with Gasteiger partial charge in [0.25, 0.3) is 0 Å². The SMILES string of the molecule is C=C(C)c1ccc(C(C)(C)NC(=O)NCC[NH+](CC)CC)cc1. The molecule has 1 rings (SSSR count). The third-order valence-corrected chi connectivity index (χ3v) is 4.29. The molecular formula is C19H32N3O+. The summed E-state index contributed by atoms with van der Waals surface area (Å²) >= 11 is 0. The van der Waals surface area contributed by atoms with Crippen LogP contribution in [0.4, 0.5) is 4.79 Å². The average molecular weight is 318 g/mol. The van der Waals surface area contributed by atoms with Crippen LogP contribution in [0.25, 0.3) is 5.57 Å². The van der Waals surface area contributed by atoms with Gasteiger partial charge in [-0.25, -0.2) is 4.79 Å². The molecule has 0 radical (unpaired) electrons. The maximum absolute atomic E-state index is 12.1. The van der Waals surface area contributed by atoms with Crippen LogP contribution in [0, 0.1) is 0 Å². The predicted octanol–water partition coefficient (Wildman–Crippen LogP) is 2.18. The predicted molar refractivity (Wildman–Crippen MR) is 97.6 cm³/mol. The van der Waals surface area contributed by atoms with E-state index in [2.05, 4.69) is 31.1 Å². The van der Waals surface area contributed by atoms with Crippen molar-refractivity contribution in [3.63, 3.8) is 0 Å². The minimum absolute atomic E-state index is 0.120. The first-order valence-corrected chi connectivity index (χ1v) is 8.46. The topological polar surface area (TPSA) is 45.6 Å². The first kappa shape index (κ1) is 19.2. The Labute approximate surface area is 141 Å². The first-order chi connectivity index (χ1) is 10.8. The van der Waals surface area contributed by atoms with Gasteiger partial charge in [-0.2, -0.15) is 0 Å². The number of carbonyl (C=O) groups is 1. The van der Waals surface area contributed by atoms with Gasteiger partial charge in [-0.3, -0.25) is 0 Å². The number of rotatable bonds is 8.